The molecule has 0 fully saturated rings. The van der Waals surface area contributed by atoms with Crippen LogP contribution in [0.4, 0.5) is 0 Å². The summed E-state index contributed by atoms with van der Waals surface area (Å²) < 4.78 is 5.52. The number of amides is 1. The monoisotopic (exact) mass is 364 g/mol. The van der Waals surface area contributed by atoms with Gasteiger partial charge in [0.25, 0.3) is 5.22 Å². The van der Waals surface area contributed by atoms with E-state index in [-0.39, 0.29) is 22.8 Å². The van der Waals surface area contributed by atoms with Crippen molar-refractivity contribution in [2.24, 2.45) is 5.92 Å². The molecule has 8 heteroatoms. The van der Waals surface area contributed by atoms with Crippen LogP contribution in [0.2, 0.25) is 5.02 Å². The number of carbonyl (C=O) groups is 1. The molecule has 2 rings (SSSR count). The molecule has 6 nitrogen and oxygen atoms in total. The van der Waals surface area contributed by atoms with E-state index in [0.717, 1.165) is 11.8 Å². The van der Waals surface area contributed by atoms with E-state index >= 15 is 0 Å². The molecule has 2 aromatic rings. The molecule has 0 aliphatic carbocycles. The molecule has 0 aliphatic heterocycles. The van der Waals surface area contributed by atoms with Crippen molar-refractivity contribution in [1.29, 1.82) is 5.26 Å². The fraction of sp³-hybridized carbons (Fsp3) is 0.375. The number of nitrogens with one attached hydrogen (secondary N) is 1. The Morgan fingerprint density at radius 3 is 2.79 bits per heavy atom. The predicted octanol–water partition coefficient (Wildman–Crippen LogP) is 3.54. The summed E-state index contributed by atoms with van der Waals surface area (Å²) in [6, 6.07) is 9.27. The summed E-state index contributed by atoms with van der Waals surface area (Å²) in [6.45, 7) is 5.46. The number of thioether (sulfide) groups is 1. The Bertz CT molecular complexity index is 771. The van der Waals surface area contributed by atoms with Crippen LogP contribution >= 0.6 is 23.4 Å². The van der Waals surface area contributed by atoms with Crippen LogP contribution < -0.4 is 5.32 Å². The fourth-order valence-corrected chi connectivity index (χ4v) is 2.55. The van der Waals surface area contributed by atoms with Crippen LogP contribution in [0.25, 0.3) is 11.5 Å². The van der Waals surface area contributed by atoms with Crippen molar-refractivity contribution < 1.29 is 9.21 Å². The Hall–Kier alpha value is -2.04. The molecule has 0 aliphatic rings. The molecule has 24 heavy (non-hydrogen) atoms. The van der Waals surface area contributed by atoms with Crippen LogP contribution in [0.1, 0.15) is 20.8 Å². The maximum absolute atomic E-state index is 12.0. The standard InChI is InChI=1S/C16H17ClN4O2S/c1-10(2)16(3,9-18)19-13(22)8-24-15-21-20-14(23-15)11-6-4-5-7-12(11)17/h4-7,10H,8H2,1-3H3,(H,19,22). The van der Waals surface area contributed by atoms with Crippen LogP contribution in [0.5, 0.6) is 0 Å². The van der Waals surface area contributed by atoms with Gasteiger partial charge in [0, 0.05) is 0 Å². The maximum Gasteiger partial charge on any atom is 0.277 e. The van der Waals surface area contributed by atoms with E-state index in [9.17, 15) is 10.1 Å². The number of nitrogens with zero attached hydrogens (tertiary/aromatic N) is 3. The highest BCUT2D eigenvalue weighted by molar-refractivity contribution is 7.99. The summed E-state index contributed by atoms with van der Waals surface area (Å²) in [6.07, 6.45) is 0. The second-order valence-corrected chi connectivity index (χ2v) is 6.99. The van der Waals surface area contributed by atoms with Gasteiger partial charge < -0.3 is 9.73 Å². The van der Waals surface area contributed by atoms with Crippen molar-refractivity contribution in [1.82, 2.24) is 15.5 Å². The molecule has 126 valence electrons. The summed E-state index contributed by atoms with van der Waals surface area (Å²) in [5.41, 5.74) is -0.269. The van der Waals surface area contributed by atoms with Gasteiger partial charge in [-0.05, 0) is 25.0 Å². The number of halogens is 1. The zero-order chi connectivity index (χ0) is 17.7. The molecule has 1 atom stereocenters. The number of hydrogen-bond donors (Lipinski definition) is 1. The number of benzene rings is 1. The quantitative estimate of drug-likeness (QED) is 0.788. The summed E-state index contributed by atoms with van der Waals surface area (Å²) in [5, 5.41) is 20.6. The molecule has 1 unspecified atom stereocenters. The first-order chi connectivity index (χ1) is 11.4. The first-order valence-corrected chi connectivity index (χ1v) is 8.65. The van der Waals surface area contributed by atoms with Crippen molar-refractivity contribution in [3.8, 4) is 17.5 Å². The minimum Gasteiger partial charge on any atom is -0.411 e. The molecule has 0 bridgehead atoms. The summed E-state index contributed by atoms with van der Waals surface area (Å²) >= 11 is 7.19. The lowest BCUT2D eigenvalue weighted by atomic mass is 9.90. The highest BCUT2D eigenvalue weighted by Crippen LogP contribution is 2.28. The third-order valence-electron chi connectivity index (χ3n) is 3.62. The molecule has 0 spiro atoms. The highest BCUT2D eigenvalue weighted by atomic mass is 35.5. The summed E-state index contributed by atoms with van der Waals surface area (Å²) in [4.78, 5) is 12.0. The molecule has 1 aromatic heterocycles. The molecule has 1 aromatic carbocycles. The highest BCUT2D eigenvalue weighted by Gasteiger charge is 2.30. The van der Waals surface area contributed by atoms with Crippen molar-refractivity contribution in [2.45, 2.75) is 31.5 Å². The molecule has 1 heterocycles. The average Bonchev–Trinajstić information content (AvgIpc) is 3.01. The Balaban J connectivity index is 1.98. The van der Waals surface area contributed by atoms with Gasteiger partial charge in [0.15, 0.2) is 0 Å². The van der Waals surface area contributed by atoms with Gasteiger partial charge in [-0.2, -0.15) is 5.26 Å². The fourth-order valence-electron chi connectivity index (χ4n) is 1.77. The van der Waals surface area contributed by atoms with Gasteiger partial charge >= 0.3 is 0 Å². The Kier molecular flexibility index (Phi) is 5.86. The topological polar surface area (TPSA) is 91.8 Å². The van der Waals surface area contributed by atoms with E-state index in [4.69, 9.17) is 16.0 Å². The van der Waals surface area contributed by atoms with Crippen molar-refractivity contribution in [3.05, 3.63) is 29.3 Å². The molecule has 0 saturated heterocycles. The molecule has 0 radical (unpaired) electrons. The lowest BCUT2D eigenvalue weighted by Crippen LogP contribution is -2.49. The van der Waals surface area contributed by atoms with E-state index in [1.54, 1.807) is 19.1 Å². The number of hydrogen-bond acceptors (Lipinski definition) is 6. The van der Waals surface area contributed by atoms with Crippen LogP contribution in [-0.2, 0) is 4.79 Å². The lowest BCUT2D eigenvalue weighted by molar-refractivity contribution is -0.120. The van der Waals surface area contributed by atoms with Gasteiger partial charge in [-0.25, -0.2) is 0 Å². The third kappa shape index (κ3) is 4.28. The molecule has 0 saturated carbocycles. The average molecular weight is 365 g/mol. The summed E-state index contributed by atoms with van der Waals surface area (Å²) in [7, 11) is 0. The third-order valence-corrected chi connectivity index (χ3v) is 4.77. The predicted molar refractivity (Wildman–Crippen MR) is 92.5 cm³/mol. The second-order valence-electron chi connectivity index (χ2n) is 5.66. The minimum atomic E-state index is -0.908. The van der Waals surface area contributed by atoms with Crippen molar-refractivity contribution in [2.75, 3.05) is 5.75 Å². The van der Waals surface area contributed by atoms with E-state index in [0.29, 0.717) is 16.5 Å². The van der Waals surface area contributed by atoms with Crippen LogP contribution in [-0.4, -0.2) is 27.4 Å². The van der Waals surface area contributed by atoms with Crippen LogP contribution in [0.15, 0.2) is 33.9 Å². The SMILES string of the molecule is CC(C)C(C)(C#N)NC(=O)CSc1nnc(-c2ccccc2Cl)o1. The zero-order valence-electron chi connectivity index (χ0n) is 13.5. The van der Waals surface area contributed by atoms with E-state index in [1.165, 1.54) is 0 Å². The zero-order valence-corrected chi connectivity index (χ0v) is 15.1. The van der Waals surface area contributed by atoms with E-state index < -0.39 is 5.54 Å². The first-order valence-electron chi connectivity index (χ1n) is 7.29. The van der Waals surface area contributed by atoms with E-state index in [1.807, 2.05) is 26.0 Å². The molecular weight excluding hydrogens is 348 g/mol. The lowest BCUT2D eigenvalue weighted by Gasteiger charge is -2.27. The van der Waals surface area contributed by atoms with Crippen molar-refractivity contribution in [3.63, 3.8) is 0 Å². The minimum absolute atomic E-state index is 0.00770. The number of aromatic nitrogens is 2. The summed E-state index contributed by atoms with van der Waals surface area (Å²) in [5.74, 6) is 0.100. The van der Waals surface area contributed by atoms with Gasteiger partial charge in [0.2, 0.25) is 11.8 Å². The Labute approximate surface area is 149 Å². The van der Waals surface area contributed by atoms with E-state index in [2.05, 4.69) is 21.6 Å². The molecule has 1 N–H and O–H groups in total. The molecular formula is C16H17ClN4O2S. The number of rotatable bonds is 6. The Morgan fingerprint density at radius 2 is 2.17 bits per heavy atom. The first kappa shape index (κ1) is 18.3. The van der Waals surface area contributed by atoms with Gasteiger partial charge in [0.1, 0.15) is 5.54 Å². The van der Waals surface area contributed by atoms with Gasteiger partial charge in [-0.3, -0.25) is 4.79 Å². The van der Waals surface area contributed by atoms with Crippen molar-refractivity contribution >= 4 is 29.3 Å². The maximum atomic E-state index is 12.0. The van der Waals surface area contributed by atoms with Crippen LogP contribution in [0.3, 0.4) is 0 Å². The number of carbonyl (C=O) groups excluding carboxylic acids is 1. The number of nitriles is 1. The van der Waals surface area contributed by atoms with Gasteiger partial charge in [-0.15, -0.1) is 10.2 Å². The smallest absolute Gasteiger partial charge is 0.277 e. The normalized spacial score (nSPS) is 13.3. The largest absolute Gasteiger partial charge is 0.411 e. The van der Waals surface area contributed by atoms with Gasteiger partial charge in [-0.1, -0.05) is 49.3 Å². The van der Waals surface area contributed by atoms with Crippen LogP contribution in [0, 0.1) is 17.2 Å². The van der Waals surface area contributed by atoms with Gasteiger partial charge in [0.05, 0.1) is 22.4 Å². The second kappa shape index (κ2) is 7.69. The molecule has 1 amide bonds. The Morgan fingerprint density at radius 1 is 1.46 bits per heavy atom.